The average molecular weight is 367 g/mol. The molecule has 0 bridgehead atoms. The molecule has 2 rings (SSSR count). The Morgan fingerprint density at radius 1 is 1.33 bits per heavy atom. The van der Waals surface area contributed by atoms with Gasteiger partial charge in [0.05, 0.1) is 24.5 Å². The number of nitrogens with zero attached hydrogens (tertiary/aromatic N) is 1. The third-order valence-corrected chi connectivity index (χ3v) is 3.95. The predicted octanol–water partition coefficient (Wildman–Crippen LogP) is 3.55. The fraction of sp³-hybridized carbons (Fsp3) is 0.333. The van der Waals surface area contributed by atoms with Crippen molar-refractivity contribution in [1.29, 1.82) is 0 Å². The third-order valence-electron chi connectivity index (χ3n) is 3.95. The maximum absolute atomic E-state index is 12.6. The summed E-state index contributed by atoms with van der Waals surface area (Å²) in [7, 11) is 1.59. The fourth-order valence-corrected chi connectivity index (χ4v) is 2.51. The second-order valence-electron chi connectivity index (χ2n) is 6.11. The Balaban J connectivity index is 2.02. The van der Waals surface area contributed by atoms with Crippen LogP contribution in [0.5, 0.6) is 5.75 Å². The Hall–Kier alpha value is -3.04. The molecular formula is C21H25N3O3. The number of nitrogens with two attached hydrogens (primary N) is 1. The van der Waals surface area contributed by atoms with Crippen LogP contribution in [0.25, 0.3) is 0 Å². The van der Waals surface area contributed by atoms with Gasteiger partial charge in [0.1, 0.15) is 11.6 Å². The van der Waals surface area contributed by atoms with Crippen LogP contribution in [0.3, 0.4) is 0 Å². The Labute approximate surface area is 160 Å². The van der Waals surface area contributed by atoms with Crippen LogP contribution in [-0.4, -0.2) is 24.6 Å². The molecule has 0 unspecified atom stereocenters. The van der Waals surface area contributed by atoms with Gasteiger partial charge in [0.25, 0.3) is 5.91 Å². The summed E-state index contributed by atoms with van der Waals surface area (Å²) in [6, 6.07) is 8.95. The number of carbonyl (C=O) groups is 1. The first-order chi connectivity index (χ1) is 13.0. The smallest absolute Gasteiger partial charge is 0.259 e. The van der Waals surface area contributed by atoms with E-state index in [0.29, 0.717) is 35.9 Å². The summed E-state index contributed by atoms with van der Waals surface area (Å²) in [6.45, 7) is 2.79. The molecular weight excluding hydrogens is 342 g/mol. The van der Waals surface area contributed by atoms with Crippen molar-refractivity contribution in [3.05, 3.63) is 47.2 Å². The zero-order valence-electron chi connectivity index (χ0n) is 15.7. The lowest BCUT2D eigenvalue weighted by Crippen LogP contribution is -2.16. The Morgan fingerprint density at radius 2 is 2.15 bits per heavy atom. The van der Waals surface area contributed by atoms with Crippen molar-refractivity contribution in [3.63, 3.8) is 0 Å². The Kier molecular flexibility index (Phi) is 7.65. The van der Waals surface area contributed by atoms with Gasteiger partial charge in [0, 0.05) is 25.3 Å². The SMILES string of the molecule is C#CCCCCOc1cccc(NC(=O)c2cc(C)c(COC)nc2N)c1. The van der Waals surface area contributed by atoms with E-state index in [0.717, 1.165) is 24.8 Å². The molecule has 6 nitrogen and oxygen atoms in total. The molecule has 142 valence electrons. The van der Waals surface area contributed by atoms with Crippen molar-refractivity contribution in [2.75, 3.05) is 24.8 Å². The zero-order chi connectivity index (χ0) is 19.6. The molecule has 1 aromatic carbocycles. The van der Waals surface area contributed by atoms with E-state index >= 15 is 0 Å². The molecule has 0 fully saturated rings. The van der Waals surface area contributed by atoms with E-state index in [9.17, 15) is 4.79 Å². The standard InChI is InChI=1S/C21H25N3O3/c1-4-5-6-7-11-27-17-10-8-9-16(13-17)23-21(25)18-12-15(2)19(14-26-3)24-20(18)22/h1,8-10,12-13H,5-7,11,14H2,2-3H3,(H2,22,24)(H,23,25). The Morgan fingerprint density at radius 3 is 2.89 bits per heavy atom. The van der Waals surface area contributed by atoms with Crippen LogP contribution in [0, 0.1) is 19.3 Å². The first-order valence-electron chi connectivity index (χ1n) is 8.77. The first-order valence-corrected chi connectivity index (χ1v) is 8.77. The average Bonchev–Trinajstić information content (AvgIpc) is 2.64. The van der Waals surface area contributed by atoms with Gasteiger partial charge in [-0.15, -0.1) is 12.3 Å². The second-order valence-corrected chi connectivity index (χ2v) is 6.11. The van der Waals surface area contributed by atoms with E-state index in [2.05, 4.69) is 16.2 Å². The number of unbranched alkanes of at least 4 members (excludes halogenated alkanes) is 2. The molecule has 2 aromatic rings. The summed E-state index contributed by atoms with van der Waals surface area (Å²) in [5.74, 6) is 3.14. The van der Waals surface area contributed by atoms with Crippen molar-refractivity contribution in [1.82, 2.24) is 4.98 Å². The molecule has 6 heteroatoms. The normalized spacial score (nSPS) is 10.3. The molecule has 0 aliphatic carbocycles. The zero-order valence-corrected chi connectivity index (χ0v) is 15.7. The van der Waals surface area contributed by atoms with Crippen LogP contribution in [0.1, 0.15) is 40.9 Å². The van der Waals surface area contributed by atoms with Crippen molar-refractivity contribution in [2.45, 2.75) is 32.8 Å². The van der Waals surface area contributed by atoms with Crippen LogP contribution < -0.4 is 15.8 Å². The molecule has 0 saturated heterocycles. The van der Waals surface area contributed by atoms with Gasteiger partial charge in [-0.05, 0) is 43.5 Å². The number of amides is 1. The summed E-state index contributed by atoms with van der Waals surface area (Å²) in [6.07, 6.45) is 7.79. The van der Waals surface area contributed by atoms with Gasteiger partial charge in [0.15, 0.2) is 0 Å². The number of terminal acetylenes is 1. The second kappa shape index (κ2) is 10.2. The lowest BCUT2D eigenvalue weighted by molar-refractivity contribution is 0.102. The lowest BCUT2D eigenvalue weighted by Gasteiger charge is -2.12. The minimum absolute atomic E-state index is 0.172. The highest BCUT2D eigenvalue weighted by molar-refractivity contribution is 6.07. The number of nitrogens with one attached hydrogen (secondary N) is 1. The number of aryl methyl sites for hydroxylation is 1. The number of nitrogen functional groups attached to an aromatic ring is 1. The molecule has 0 aliphatic rings. The summed E-state index contributed by atoms with van der Waals surface area (Å²) in [5, 5.41) is 2.83. The first kappa shape index (κ1) is 20.3. The van der Waals surface area contributed by atoms with Crippen LogP contribution in [0.15, 0.2) is 30.3 Å². The van der Waals surface area contributed by atoms with Gasteiger partial charge in [-0.2, -0.15) is 0 Å². The molecule has 1 heterocycles. The van der Waals surface area contributed by atoms with Gasteiger partial charge in [-0.25, -0.2) is 4.98 Å². The van der Waals surface area contributed by atoms with Crippen molar-refractivity contribution in [2.24, 2.45) is 0 Å². The van der Waals surface area contributed by atoms with Crippen molar-refractivity contribution >= 4 is 17.4 Å². The number of anilines is 2. The van der Waals surface area contributed by atoms with E-state index in [-0.39, 0.29) is 11.7 Å². The number of hydrogen-bond donors (Lipinski definition) is 2. The maximum atomic E-state index is 12.6. The van der Waals surface area contributed by atoms with E-state index in [4.69, 9.17) is 21.6 Å². The number of ether oxygens (including phenoxy) is 2. The molecule has 0 aliphatic heterocycles. The van der Waals surface area contributed by atoms with E-state index < -0.39 is 0 Å². The topological polar surface area (TPSA) is 86.5 Å². The van der Waals surface area contributed by atoms with Gasteiger partial charge in [0.2, 0.25) is 0 Å². The number of hydrogen-bond acceptors (Lipinski definition) is 5. The van der Waals surface area contributed by atoms with Gasteiger partial charge < -0.3 is 20.5 Å². The summed E-state index contributed by atoms with van der Waals surface area (Å²) >= 11 is 0. The van der Waals surface area contributed by atoms with Crippen LogP contribution in [0.4, 0.5) is 11.5 Å². The van der Waals surface area contributed by atoms with Gasteiger partial charge in [-0.1, -0.05) is 6.07 Å². The van der Waals surface area contributed by atoms with Crippen molar-refractivity contribution in [3.8, 4) is 18.1 Å². The highest BCUT2D eigenvalue weighted by Gasteiger charge is 2.14. The number of pyridine rings is 1. The third kappa shape index (κ3) is 6.01. The van der Waals surface area contributed by atoms with Gasteiger partial charge in [-0.3, -0.25) is 4.79 Å². The molecule has 0 radical (unpaired) electrons. The summed E-state index contributed by atoms with van der Waals surface area (Å²) in [5.41, 5.74) is 8.46. The maximum Gasteiger partial charge on any atom is 0.259 e. The largest absolute Gasteiger partial charge is 0.494 e. The number of carbonyl (C=O) groups excluding carboxylic acids is 1. The molecule has 0 saturated carbocycles. The van der Waals surface area contributed by atoms with E-state index in [1.165, 1.54) is 0 Å². The van der Waals surface area contributed by atoms with E-state index in [1.807, 2.05) is 19.1 Å². The fourth-order valence-electron chi connectivity index (χ4n) is 2.51. The Bertz CT molecular complexity index is 828. The van der Waals surface area contributed by atoms with Crippen LogP contribution in [0.2, 0.25) is 0 Å². The molecule has 1 amide bonds. The molecule has 27 heavy (non-hydrogen) atoms. The summed E-state index contributed by atoms with van der Waals surface area (Å²) < 4.78 is 10.8. The molecule has 0 atom stereocenters. The number of aromatic nitrogens is 1. The number of benzene rings is 1. The number of rotatable bonds is 9. The molecule has 1 aromatic heterocycles. The highest BCUT2D eigenvalue weighted by Crippen LogP contribution is 2.21. The summed E-state index contributed by atoms with van der Waals surface area (Å²) in [4.78, 5) is 16.8. The van der Waals surface area contributed by atoms with E-state index in [1.54, 1.807) is 25.3 Å². The molecule has 0 spiro atoms. The van der Waals surface area contributed by atoms with Crippen molar-refractivity contribution < 1.29 is 14.3 Å². The molecule has 3 N–H and O–H groups in total. The highest BCUT2D eigenvalue weighted by atomic mass is 16.5. The van der Waals surface area contributed by atoms with Gasteiger partial charge >= 0.3 is 0 Å². The van der Waals surface area contributed by atoms with Crippen LogP contribution in [-0.2, 0) is 11.3 Å². The minimum atomic E-state index is -0.321. The number of methoxy groups -OCH3 is 1. The minimum Gasteiger partial charge on any atom is -0.494 e. The van der Waals surface area contributed by atoms with Crippen LogP contribution >= 0.6 is 0 Å². The lowest BCUT2D eigenvalue weighted by atomic mass is 10.1. The predicted molar refractivity (Wildman–Crippen MR) is 107 cm³/mol. The monoisotopic (exact) mass is 367 g/mol. The quantitative estimate of drug-likeness (QED) is 0.523.